The average molecular weight is 1640 g/mol. The number of nitrogens with two attached hydrogens (primary N) is 1. The van der Waals surface area contributed by atoms with Crippen molar-refractivity contribution in [3.8, 4) is 11.1 Å². The number of nitrogens with zero attached hydrogens (tertiary/aromatic N) is 9. The summed E-state index contributed by atoms with van der Waals surface area (Å²) in [6.07, 6.45) is 11.3. The van der Waals surface area contributed by atoms with E-state index in [1.165, 1.54) is 12.4 Å². The smallest absolute Gasteiger partial charge is 0.399 e. The number of pyridine rings is 5. The molecule has 0 amide bonds. The number of aryl methyl sites for hydroxylation is 2. The van der Waals surface area contributed by atoms with Crippen LogP contribution in [0.3, 0.4) is 0 Å². The van der Waals surface area contributed by atoms with Crippen molar-refractivity contribution in [2.24, 2.45) is 0 Å². The van der Waals surface area contributed by atoms with Crippen molar-refractivity contribution < 1.29 is 60.9 Å². The quantitative estimate of drug-likeness (QED) is 0.0318. The Labute approximate surface area is 609 Å². The third kappa shape index (κ3) is 21.1. The fourth-order valence-electron chi connectivity index (χ4n) is 8.67. The second-order valence-electron chi connectivity index (χ2n) is 22.4. The van der Waals surface area contributed by atoms with Crippen LogP contribution in [0.25, 0.3) is 11.1 Å². The Bertz CT molecular complexity index is 5020. The summed E-state index contributed by atoms with van der Waals surface area (Å²) in [5.74, 6) is -3.40. The van der Waals surface area contributed by atoms with Crippen molar-refractivity contribution in [2.45, 2.75) is 99.7 Å². The molecule has 0 atom stereocenters. The number of anilines is 5. The molecule has 10 aromatic rings. The SMILES string of the molecule is Cc1c(Br)cnc(Cl)c1CS(=O)(=O)c1ccc(F)cc1F.Cc1c(Br)cnc(Cl)c1N.Cc1nccc(Nc2cc(-c3cnc(Cl)c(CS(=O)(=O)c4ccc(F)cc4F)c3C)ccn2)n1.Cc1nccc(Nc2cc(B3OC(C)(C)C(C)(C)O3)ccn2)n1.O=S(=O)(Cl)c1ccc(F)cc1F. The summed E-state index contributed by atoms with van der Waals surface area (Å²) in [6, 6.07) is 17.5. The minimum Gasteiger partial charge on any atom is -0.399 e. The zero-order valence-corrected chi connectivity index (χ0v) is 62.5. The highest BCUT2D eigenvalue weighted by Crippen LogP contribution is 2.38. The first-order valence-corrected chi connectivity index (χ1v) is 37.2. The van der Waals surface area contributed by atoms with Crippen molar-refractivity contribution in [2.75, 3.05) is 16.4 Å². The summed E-state index contributed by atoms with van der Waals surface area (Å²) in [6.45, 7) is 17.0. The average Bonchev–Trinajstić information content (AvgIpc) is 1.51. The van der Waals surface area contributed by atoms with Gasteiger partial charge in [-0.15, -0.1) is 0 Å². The third-order valence-corrected chi connectivity index (χ3v) is 22.0. The molecule has 36 heteroatoms. The molecule has 1 saturated heterocycles. The van der Waals surface area contributed by atoms with Crippen LogP contribution in [-0.4, -0.2) is 88.4 Å². The molecule has 526 valence electrons. The van der Waals surface area contributed by atoms with Crippen LogP contribution in [0.15, 0.2) is 158 Å². The fraction of sp³-hybridized carbons (Fsp3) is 0.203. The van der Waals surface area contributed by atoms with Gasteiger partial charge in [0, 0.05) is 97.9 Å². The number of benzene rings is 3. The molecular formula is C64H57BBr2Cl4F6N12O8S3. The lowest BCUT2D eigenvalue weighted by Gasteiger charge is -2.32. The van der Waals surface area contributed by atoms with E-state index in [1.54, 1.807) is 76.0 Å². The van der Waals surface area contributed by atoms with Gasteiger partial charge < -0.3 is 25.7 Å². The lowest BCUT2D eigenvalue weighted by Crippen LogP contribution is -2.41. The standard InChI is InChI=1S/C23H18ClF2N5O2S.C16H21BN4O2.C13H9BrClF2NO2S.C6H6BrClN2.C6H3ClF2O2S/c1-13-17(15-5-7-28-22(9-15)31-21-6-8-27-14(2)30-21)11-29-23(24)18(13)12-34(32,33)20-4-3-16(25)10-19(20)26;1-11-18-9-7-13(20-11)21-14-10-12(6-8-19-14)17-22-15(2,3)16(4,5)23-17;1-7-9(13(15)18-5-10(7)14)6-21(19,20)12-3-2-8(16)4-11(12)17;1-3-4(7)2-10-6(8)5(3)9;7-12(10,11)6-2-1-4(8)3-5(6)9/h3-11H,12H2,1-2H3,(H,27,28,30,31);6-10H,1-5H3,(H,18,19,20,21);2-5H,6H2,1H3;2H,9H2,1H3;1-3H. The van der Waals surface area contributed by atoms with Gasteiger partial charge >= 0.3 is 7.12 Å². The van der Waals surface area contributed by atoms with Gasteiger partial charge in [-0.3, -0.25) is 0 Å². The third-order valence-electron chi connectivity index (χ3n) is 14.8. The zero-order valence-electron chi connectivity index (χ0n) is 53.8. The van der Waals surface area contributed by atoms with Gasteiger partial charge in [0.05, 0.1) is 28.4 Å². The molecule has 8 heterocycles. The van der Waals surface area contributed by atoms with Crippen molar-refractivity contribution in [1.29, 1.82) is 0 Å². The first-order valence-electron chi connectivity index (χ1n) is 28.8. The highest BCUT2D eigenvalue weighted by molar-refractivity contribution is 9.10. The number of aromatic nitrogens is 9. The Balaban J connectivity index is 0.000000187. The molecule has 100 heavy (non-hydrogen) atoms. The first kappa shape index (κ1) is 79.8. The maximum Gasteiger partial charge on any atom is 0.495 e. The molecule has 20 nitrogen and oxygen atoms in total. The Hall–Kier alpha value is -7.50. The molecule has 0 aliphatic carbocycles. The molecule has 1 fully saturated rings. The summed E-state index contributed by atoms with van der Waals surface area (Å²) < 4.78 is 164. The number of hydrogen-bond acceptors (Lipinski definition) is 20. The van der Waals surface area contributed by atoms with E-state index < -0.39 is 96.9 Å². The predicted octanol–water partition coefficient (Wildman–Crippen LogP) is 15.8. The zero-order chi connectivity index (χ0) is 74.0. The molecule has 0 spiro atoms. The maximum absolute atomic E-state index is 14.2. The van der Waals surface area contributed by atoms with Crippen LogP contribution in [0.5, 0.6) is 0 Å². The summed E-state index contributed by atoms with van der Waals surface area (Å²) in [5, 5.41) is 6.64. The van der Waals surface area contributed by atoms with Gasteiger partial charge in [-0.05, 0) is 195 Å². The van der Waals surface area contributed by atoms with Crippen molar-refractivity contribution >= 4 is 148 Å². The second kappa shape index (κ2) is 33.5. The van der Waals surface area contributed by atoms with Crippen LogP contribution >= 0.6 is 77.3 Å². The second-order valence-corrected chi connectivity index (χ2v) is 31.6. The van der Waals surface area contributed by atoms with Gasteiger partial charge in [0.2, 0.25) is 0 Å². The van der Waals surface area contributed by atoms with Crippen LogP contribution in [0.4, 0.5) is 55.3 Å². The van der Waals surface area contributed by atoms with Gasteiger partial charge in [0.25, 0.3) is 9.05 Å². The van der Waals surface area contributed by atoms with Crippen LogP contribution in [-0.2, 0) is 49.5 Å². The van der Waals surface area contributed by atoms with Crippen LogP contribution in [0, 0.1) is 69.5 Å². The molecule has 0 radical (unpaired) electrons. The van der Waals surface area contributed by atoms with Gasteiger partial charge in [-0.1, -0.05) is 34.8 Å². The molecule has 1 aliphatic heterocycles. The molecule has 11 rings (SSSR count). The maximum atomic E-state index is 14.2. The number of rotatable bonds is 13. The van der Waals surface area contributed by atoms with E-state index in [2.05, 4.69) is 87.3 Å². The predicted molar refractivity (Wildman–Crippen MR) is 379 cm³/mol. The van der Waals surface area contributed by atoms with Crippen LogP contribution < -0.4 is 21.8 Å². The molecule has 0 unspecified atom stereocenters. The van der Waals surface area contributed by atoms with Crippen molar-refractivity contribution in [1.82, 2.24) is 44.9 Å². The first-order chi connectivity index (χ1) is 46.7. The number of hydrogen-bond donors (Lipinski definition) is 3. The Morgan fingerprint density at radius 3 is 1.33 bits per heavy atom. The minimum absolute atomic E-state index is 0.0174. The largest absolute Gasteiger partial charge is 0.495 e. The van der Waals surface area contributed by atoms with Crippen LogP contribution in [0.1, 0.15) is 67.2 Å². The number of halogens is 12. The lowest BCUT2D eigenvalue weighted by molar-refractivity contribution is 0.00578. The van der Waals surface area contributed by atoms with Gasteiger partial charge in [-0.25, -0.2) is 96.5 Å². The van der Waals surface area contributed by atoms with E-state index >= 15 is 0 Å². The Morgan fingerprint density at radius 1 is 0.490 bits per heavy atom. The highest BCUT2D eigenvalue weighted by Gasteiger charge is 2.52. The monoisotopic (exact) mass is 1640 g/mol. The summed E-state index contributed by atoms with van der Waals surface area (Å²) >= 11 is 24.3. The molecule has 0 bridgehead atoms. The summed E-state index contributed by atoms with van der Waals surface area (Å²) in [5.41, 5.74) is 10.2. The van der Waals surface area contributed by atoms with Crippen LogP contribution in [0.2, 0.25) is 15.5 Å². The van der Waals surface area contributed by atoms with E-state index in [-0.39, 0.29) is 32.6 Å². The Morgan fingerprint density at radius 2 is 0.890 bits per heavy atom. The number of sulfone groups is 2. The minimum atomic E-state index is -4.16. The molecule has 0 saturated carbocycles. The number of nitrogen functional groups attached to an aromatic ring is 1. The lowest BCUT2D eigenvalue weighted by atomic mass is 9.80. The highest BCUT2D eigenvalue weighted by atomic mass is 79.9. The molecular weight excluding hydrogens is 1590 g/mol. The van der Waals surface area contributed by atoms with Gasteiger partial charge in [0.1, 0.15) is 94.8 Å². The van der Waals surface area contributed by atoms with Gasteiger partial charge in [0.15, 0.2) is 24.8 Å². The van der Waals surface area contributed by atoms with E-state index in [1.807, 2.05) is 53.7 Å². The van der Waals surface area contributed by atoms with E-state index in [9.17, 15) is 51.6 Å². The van der Waals surface area contributed by atoms with Crippen molar-refractivity contribution in [3.05, 3.63) is 233 Å². The van der Waals surface area contributed by atoms with Crippen molar-refractivity contribution in [3.63, 3.8) is 0 Å². The summed E-state index contributed by atoms with van der Waals surface area (Å²) in [7, 11) is -7.87. The van der Waals surface area contributed by atoms with E-state index in [0.29, 0.717) is 90.7 Å². The Kier molecular flexibility index (Phi) is 26.8. The van der Waals surface area contributed by atoms with E-state index in [4.69, 9.17) is 60.5 Å². The topological polar surface area (TPSA) is 287 Å². The molecule has 3 aromatic carbocycles. The fourth-order valence-corrected chi connectivity index (χ4v) is 14.1. The molecule has 4 N–H and O–H groups in total. The van der Waals surface area contributed by atoms with Gasteiger partial charge in [-0.2, -0.15) is 0 Å². The molecule has 1 aliphatic rings. The molecule has 7 aromatic heterocycles. The van der Waals surface area contributed by atoms with E-state index in [0.717, 1.165) is 51.9 Å². The normalized spacial score (nSPS) is 13.1. The number of nitrogens with one attached hydrogen (secondary N) is 2. The summed E-state index contributed by atoms with van der Waals surface area (Å²) in [4.78, 5) is 35.3.